The lowest BCUT2D eigenvalue weighted by molar-refractivity contribution is 0.937. The van der Waals surface area contributed by atoms with Crippen LogP contribution in [0.25, 0.3) is 73.1 Å². The van der Waals surface area contributed by atoms with Crippen LogP contribution in [-0.2, 0) is 0 Å². The fourth-order valence-electron chi connectivity index (χ4n) is 6.45. The lowest BCUT2D eigenvalue weighted by Gasteiger charge is -2.16. The molecule has 9 rings (SSSR count). The normalized spacial score (nSPS) is 11.8. The van der Waals surface area contributed by atoms with E-state index < -0.39 is 0 Å². The molecule has 0 saturated heterocycles. The Bertz CT molecular complexity index is 2320. The molecule has 0 aliphatic carbocycles. The molecule has 0 spiro atoms. The highest BCUT2D eigenvalue weighted by molar-refractivity contribution is 7.99. The van der Waals surface area contributed by atoms with Gasteiger partial charge >= 0.3 is 0 Å². The quantitative estimate of drug-likeness (QED) is 0.200. The average Bonchev–Trinajstić information content (AvgIpc) is 3.40. The number of hydrogen-bond donors (Lipinski definition) is 0. The largest absolute Gasteiger partial charge is 0.276 e. The van der Waals surface area contributed by atoms with Crippen LogP contribution in [0, 0.1) is 0 Å². The van der Waals surface area contributed by atoms with Crippen molar-refractivity contribution in [3.8, 4) is 62.2 Å². The van der Waals surface area contributed by atoms with E-state index in [0.29, 0.717) is 17.6 Å². The van der Waals surface area contributed by atoms with E-state index in [1.165, 1.54) is 20.9 Å². The number of fused-ring (bicyclic) bond motifs is 7. The second kappa shape index (κ2) is 11.0. The minimum absolute atomic E-state index is 0.585. The molecular formula is C41H26N4S. The zero-order valence-electron chi connectivity index (χ0n) is 24.7. The van der Waals surface area contributed by atoms with Crippen molar-refractivity contribution in [2.45, 2.75) is 9.79 Å². The van der Waals surface area contributed by atoms with E-state index >= 15 is 0 Å². The van der Waals surface area contributed by atoms with Crippen molar-refractivity contribution < 1.29 is 0 Å². The molecule has 216 valence electrons. The summed E-state index contributed by atoms with van der Waals surface area (Å²) in [6.07, 6.45) is 0. The molecule has 0 unspecified atom stereocenters. The smallest absolute Gasteiger partial charge is 0.238 e. The molecule has 3 heterocycles. The summed E-state index contributed by atoms with van der Waals surface area (Å²) in [6, 6.07) is 55.0. The molecule has 0 amide bonds. The molecule has 5 heteroatoms. The number of nitrogens with zero attached hydrogens (tertiary/aromatic N) is 4. The van der Waals surface area contributed by atoms with Crippen molar-refractivity contribution in [3.63, 3.8) is 0 Å². The van der Waals surface area contributed by atoms with Gasteiger partial charge in [0.05, 0.1) is 11.2 Å². The summed E-state index contributed by atoms with van der Waals surface area (Å²) in [5, 5.41) is 1.16. The van der Waals surface area contributed by atoms with E-state index in [1.807, 2.05) is 48.2 Å². The standard InChI is InChI=1S/C41H26N4S/c1-4-15-27(16-5-1)30-23-14-24-33-36-31-21-10-12-25-34(31)46-35-26-13-11-22-32(35)38(36)45(37(30)33)41-43-39(28-17-6-2-7-18-28)42-40(44-41)29-19-8-3-9-20-29/h1-26H. The van der Waals surface area contributed by atoms with Gasteiger partial charge in [0, 0.05) is 43.0 Å². The first kappa shape index (κ1) is 26.6. The first-order valence-electron chi connectivity index (χ1n) is 15.3. The Morgan fingerprint density at radius 1 is 0.413 bits per heavy atom. The van der Waals surface area contributed by atoms with Crippen LogP contribution in [-0.4, -0.2) is 19.5 Å². The molecule has 0 saturated carbocycles. The van der Waals surface area contributed by atoms with Crippen LogP contribution >= 0.6 is 11.8 Å². The van der Waals surface area contributed by atoms with Crippen LogP contribution in [0.15, 0.2) is 168 Å². The minimum atomic E-state index is 0.585. The van der Waals surface area contributed by atoms with Gasteiger partial charge in [-0.25, -0.2) is 4.98 Å². The van der Waals surface area contributed by atoms with Crippen LogP contribution in [0.1, 0.15) is 0 Å². The summed E-state index contributed by atoms with van der Waals surface area (Å²) < 4.78 is 2.29. The van der Waals surface area contributed by atoms with Crippen molar-refractivity contribution in [2.24, 2.45) is 0 Å². The molecule has 0 bridgehead atoms. The van der Waals surface area contributed by atoms with Gasteiger partial charge in [-0.1, -0.05) is 157 Å². The third-order valence-corrected chi connectivity index (χ3v) is 9.63. The van der Waals surface area contributed by atoms with Crippen LogP contribution in [0.2, 0.25) is 0 Å². The lowest BCUT2D eigenvalue weighted by atomic mass is 9.96. The second-order valence-corrected chi connectivity index (χ2v) is 12.3. The molecule has 46 heavy (non-hydrogen) atoms. The summed E-state index contributed by atoms with van der Waals surface area (Å²) in [6.45, 7) is 0. The van der Waals surface area contributed by atoms with E-state index in [2.05, 4.69) is 126 Å². The van der Waals surface area contributed by atoms with E-state index in [9.17, 15) is 0 Å². The van der Waals surface area contributed by atoms with Gasteiger partial charge in [0.2, 0.25) is 5.95 Å². The number of hydrogen-bond acceptors (Lipinski definition) is 4. The highest BCUT2D eigenvalue weighted by atomic mass is 32.2. The Balaban J connectivity index is 1.48. The van der Waals surface area contributed by atoms with Crippen LogP contribution in [0.3, 0.4) is 0 Å². The molecule has 0 radical (unpaired) electrons. The first-order valence-corrected chi connectivity index (χ1v) is 16.1. The Kier molecular flexibility index (Phi) is 6.35. The van der Waals surface area contributed by atoms with Crippen molar-refractivity contribution >= 4 is 22.7 Å². The molecular weight excluding hydrogens is 581 g/mol. The summed E-state index contributed by atoms with van der Waals surface area (Å²) in [5.41, 5.74) is 9.82. The topological polar surface area (TPSA) is 43.6 Å². The van der Waals surface area contributed by atoms with Gasteiger partial charge in [-0.3, -0.25) is 4.57 Å². The lowest BCUT2D eigenvalue weighted by Crippen LogP contribution is -2.08. The summed E-state index contributed by atoms with van der Waals surface area (Å²) in [4.78, 5) is 18.0. The minimum Gasteiger partial charge on any atom is -0.276 e. The maximum absolute atomic E-state index is 5.26. The molecule has 0 atom stereocenters. The number of benzene rings is 6. The SMILES string of the molecule is c1ccc(-c2nc(-c3ccccc3)nc(-n3c4c(c5cccc(-c6ccccc6)c53)-c3ccccc3Sc3ccccc3-4)n2)cc1. The number of aromatic nitrogens is 4. The third-order valence-electron chi connectivity index (χ3n) is 8.48. The molecule has 0 N–H and O–H groups in total. The third kappa shape index (κ3) is 4.36. The van der Waals surface area contributed by atoms with Gasteiger partial charge in [-0.15, -0.1) is 0 Å². The zero-order valence-corrected chi connectivity index (χ0v) is 25.5. The van der Waals surface area contributed by atoms with Crippen molar-refractivity contribution in [1.29, 1.82) is 0 Å². The summed E-state index contributed by atoms with van der Waals surface area (Å²) in [5.74, 6) is 1.85. The van der Waals surface area contributed by atoms with Crippen LogP contribution in [0.5, 0.6) is 0 Å². The predicted molar refractivity (Wildman–Crippen MR) is 188 cm³/mol. The fraction of sp³-hybridized carbons (Fsp3) is 0. The number of para-hydroxylation sites is 1. The molecule has 4 nitrogen and oxygen atoms in total. The van der Waals surface area contributed by atoms with Crippen LogP contribution in [0.4, 0.5) is 0 Å². The van der Waals surface area contributed by atoms with Gasteiger partial charge in [0.15, 0.2) is 11.6 Å². The Hall–Kier alpha value is -5.78. The van der Waals surface area contributed by atoms with Crippen molar-refractivity contribution in [2.75, 3.05) is 0 Å². The maximum Gasteiger partial charge on any atom is 0.238 e. The van der Waals surface area contributed by atoms with Crippen molar-refractivity contribution in [1.82, 2.24) is 19.5 Å². The van der Waals surface area contributed by atoms with E-state index in [1.54, 1.807) is 0 Å². The number of rotatable bonds is 4. The second-order valence-electron chi connectivity index (χ2n) is 11.2. The fourth-order valence-corrected chi connectivity index (χ4v) is 7.53. The summed E-state index contributed by atoms with van der Waals surface area (Å²) in [7, 11) is 0. The Morgan fingerprint density at radius 2 is 0.913 bits per heavy atom. The van der Waals surface area contributed by atoms with Gasteiger partial charge in [0.1, 0.15) is 0 Å². The first-order chi connectivity index (χ1) is 22.8. The Labute approximate surface area is 271 Å². The zero-order chi connectivity index (χ0) is 30.5. The highest BCUT2D eigenvalue weighted by Crippen LogP contribution is 2.53. The van der Waals surface area contributed by atoms with E-state index in [4.69, 9.17) is 15.0 Å². The predicted octanol–water partition coefficient (Wildman–Crippen LogP) is 10.6. The summed E-state index contributed by atoms with van der Waals surface area (Å²) >= 11 is 1.81. The monoisotopic (exact) mass is 606 g/mol. The molecule has 1 aliphatic rings. The molecule has 1 aliphatic heterocycles. The van der Waals surface area contributed by atoms with Gasteiger partial charge in [-0.05, 0) is 23.3 Å². The van der Waals surface area contributed by atoms with E-state index in [-0.39, 0.29) is 0 Å². The molecule has 2 aromatic heterocycles. The van der Waals surface area contributed by atoms with Gasteiger partial charge < -0.3 is 0 Å². The van der Waals surface area contributed by atoms with Gasteiger partial charge in [0.25, 0.3) is 0 Å². The highest BCUT2D eigenvalue weighted by Gasteiger charge is 2.30. The Morgan fingerprint density at radius 3 is 1.54 bits per heavy atom. The van der Waals surface area contributed by atoms with E-state index in [0.717, 1.165) is 44.4 Å². The van der Waals surface area contributed by atoms with Gasteiger partial charge in [-0.2, -0.15) is 9.97 Å². The molecule has 6 aromatic carbocycles. The maximum atomic E-state index is 5.26. The molecule has 0 fully saturated rings. The van der Waals surface area contributed by atoms with Crippen molar-refractivity contribution in [3.05, 3.63) is 158 Å². The average molecular weight is 607 g/mol. The van der Waals surface area contributed by atoms with Crippen LogP contribution < -0.4 is 0 Å². The molecule has 8 aromatic rings.